The highest BCUT2D eigenvalue weighted by Crippen LogP contribution is 2.20. The van der Waals surface area contributed by atoms with Crippen molar-refractivity contribution in [2.24, 2.45) is 0 Å². The Labute approximate surface area is 138 Å². The molecule has 3 N–H and O–H groups in total. The van der Waals surface area contributed by atoms with E-state index >= 15 is 0 Å². The molecule has 2 rings (SSSR count). The first kappa shape index (κ1) is 17.0. The number of nitrogens with zero attached hydrogens (tertiary/aromatic N) is 1. The van der Waals surface area contributed by atoms with Crippen LogP contribution < -0.4 is 5.32 Å². The van der Waals surface area contributed by atoms with Crippen LogP contribution in [0.4, 0.5) is 0 Å². The minimum atomic E-state index is -0.668. The van der Waals surface area contributed by atoms with Crippen LogP contribution in [0.5, 0.6) is 5.75 Å². The van der Waals surface area contributed by atoms with Gasteiger partial charge in [-0.1, -0.05) is 31.4 Å². The van der Waals surface area contributed by atoms with Crippen LogP contribution in [0.1, 0.15) is 50.7 Å². The molecule has 0 heterocycles. The van der Waals surface area contributed by atoms with Crippen molar-refractivity contribution in [2.75, 3.05) is 13.1 Å². The van der Waals surface area contributed by atoms with Gasteiger partial charge in [0.2, 0.25) is 0 Å². The molecule has 0 amide bonds. The van der Waals surface area contributed by atoms with E-state index in [4.69, 9.17) is 12.2 Å². The summed E-state index contributed by atoms with van der Waals surface area (Å²) in [6, 6.07) is 7.21. The van der Waals surface area contributed by atoms with E-state index < -0.39 is 6.10 Å². The molecule has 5 heteroatoms. The van der Waals surface area contributed by atoms with Crippen LogP contribution in [0, 0.1) is 0 Å². The number of aliphatic hydroxyl groups excluding tert-OH is 1. The number of hydrogen-bond acceptors (Lipinski definition) is 3. The van der Waals surface area contributed by atoms with Crippen molar-refractivity contribution in [2.45, 2.75) is 51.2 Å². The summed E-state index contributed by atoms with van der Waals surface area (Å²) < 4.78 is 0. The topological polar surface area (TPSA) is 55.7 Å². The average molecular weight is 322 g/mol. The number of phenols is 1. The minimum absolute atomic E-state index is 0.169. The zero-order valence-electron chi connectivity index (χ0n) is 13.2. The van der Waals surface area contributed by atoms with Gasteiger partial charge in [-0.25, -0.2) is 0 Å². The van der Waals surface area contributed by atoms with Crippen LogP contribution in [0.2, 0.25) is 0 Å². The Morgan fingerprint density at radius 3 is 2.73 bits per heavy atom. The summed E-state index contributed by atoms with van der Waals surface area (Å²) in [6.45, 7) is 3.21. The summed E-state index contributed by atoms with van der Waals surface area (Å²) in [5.74, 6) is 0.169. The summed E-state index contributed by atoms with van der Waals surface area (Å²) in [4.78, 5) is 1.98. The van der Waals surface area contributed by atoms with Gasteiger partial charge in [-0.2, -0.15) is 0 Å². The number of rotatable bonds is 5. The third kappa shape index (κ3) is 4.85. The maximum Gasteiger partial charge on any atom is 0.169 e. The first-order chi connectivity index (χ1) is 10.6. The zero-order valence-corrected chi connectivity index (χ0v) is 14.0. The molecule has 1 aromatic carbocycles. The van der Waals surface area contributed by atoms with Gasteiger partial charge in [0, 0.05) is 12.6 Å². The molecule has 1 aromatic rings. The fourth-order valence-electron chi connectivity index (χ4n) is 2.91. The van der Waals surface area contributed by atoms with E-state index in [9.17, 15) is 10.2 Å². The van der Waals surface area contributed by atoms with E-state index in [-0.39, 0.29) is 5.75 Å². The lowest BCUT2D eigenvalue weighted by atomic mass is 9.96. The molecule has 0 unspecified atom stereocenters. The van der Waals surface area contributed by atoms with E-state index in [1.54, 1.807) is 18.2 Å². The van der Waals surface area contributed by atoms with E-state index in [1.807, 2.05) is 17.9 Å². The van der Waals surface area contributed by atoms with Crippen LogP contribution in [0.25, 0.3) is 0 Å². The van der Waals surface area contributed by atoms with Gasteiger partial charge in [0.15, 0.2) is 5.11 Å². The Bertz CT molecular complexity index is 489. The van der Waals surface area contributed by atoms with Crippen molar-refractivity contribution in [3.05, 3.63) is 29.8 Å². The van der Waals surface area contributed by atoms with Crippen molar-refractivity contribution >= 4 is 17.3 Å². The second-order valence-corrected chi connectivity index (χ2v) is 6.32. The molecular weight excluding hydrogens is 296 g/mol. The SMILES string of the molecule is CCN(C[C@H](O)c1cccc(O)c1)C(=S)NC1CCCCC1. The summed E-state index contributed by atoms with van der Waals surface area (Å²) >= 11 is 5.50. The lowest BCUT2D eigenvalue weighted by Gasteiger charge is -2.31. The van der Waals surface area contributed by atoms with Crippen molar-refractivity contribution in [1.82, 2.24) is 10.2 Å². The predicted molar refractivity (Wildman–Crippen MR) is 92.9 cm³/mol. The molecule has 4 nitrogen and oxygen atoms in total. The molecule has 0 aliphatic heterocycles. The molecule has 0 aromatic heterocycles. The molecule has 1 aliphatic rings. The highest BCUT2D eigenvalue weighted by Gasteiger charge is 2.19. The van der Waals surface area contributed by atoms with Gasteiger partial charge in [-0.3, -0.25) is 0 Å². The Kier molecular flexibility index (Phi) is 6.46. The van der Waals surface area contributed by atoms with Gasteiger partial charge in [-0.05, 0) is 49.7 Å². The van der Waals surface area contributed by atoms with Crippen molar-refractivity contribution in [3.8, 4) is 5.75 Å². The fraction of sp³-hybridized carbons (Fsp3) is 0.588. The molecule has 0 spiro atoms. The number of nitrogens with one attached hydrogen (secondary N) is 1. The van der Waals surface area contributed by atoms with E-state index in [0.717, 1.165) is 6.54 Å². The van der Waals surface area contributed by atoms with Crippen LogP contribution >= 0.6 is 12.2 Å². The van der Waals surface area contributed by atoms with Crippen molar-refractivity contribution in [1.29, 1.82) is 0 Å². The fourth-order valence-corrected chi connectivity index (χ4v) is 3.28. The van der Waals surface area contributed by atoms with Gasteiger partial charge in [-0.15, -0.1) is 0 Å². The van der Waals surface area contributed by atoms with Crippen molar-refractivity contribution in [3.63, 3.8) is 0 Å². The summed E-state index contributed by atoms with van der Waals surface area (Å²) in [5.41, 5.74) is 0.707. The Morgan fingerprint density at radius 2 is 2.09 bits per heavy atom. The van der Waals surface area contributed by atoms with Crippen LogP contribution in [0.15, 0.2) is 24.3 Å². The number of benzene rings is 1. The predicted octanol–water partition coefficient (Wildman–Crippen LogP) is 2.95. The summed E-state index contributed by atoms with van der Waals surface area (Å²) in [7, 11) is 0. The van der Waals surface area contributed by atoms with Crippen LogP contribution in [-0.4, -0.2) is 39.4 Å². The van der Waals surface area contributed by atoms with Gasteiger partial charge in [0.1, 0.15) is 5.75 Å². The number of thiocarbonyl (C=S) groups is 1. The molecule has 1 aliphatic carbocycles. The maximum absolute atomic E-state index is 10.4. The molecule has 1 fully saturated rings. The smallest absolute Gasteiger partial charge is 0.169 e. The first-order valence-electron chi connectivity index (χ1n) is 8.12. The van der Waals surface area contributed by atoms with Gasteiger partial charge >= 0.3 is 0 Å². The number of likely N-dealkylation sites (N-methyl/N-ethyl adjacent to an activating group) is 1. The second-order valence-electron chi connectivity index (χ2n) is 5.93. The highest BCUT2D eigenvalue weighted by molar-refractivity contribution is 7.80. The van der Waals surface area contributed by atoms with E-state index in [2.05, 4.69) is 5.32 Å². The second kappa shape index (κ2) is 8.34. The van der Waals surface area contributed by atoms with Gasteiger partial charge < -0.3 is 20.4 Å². The number of aliphatic hydroxyl groups is 1. The minimum Gasteiger partial charge on any atom is -0.508 e. The lowest BCUT2D eigenvalue weighted by molar-refractivity contribution is 0.144. The van der Waals surface area contributed by atoms with E-state index in [0.29, 0.717) is 23.3 Å². The Balaban J connectivity index is 1.91. The Morgan fingerprint density at radius 1 is 1.36 bits per heavy atom. The molecule has 0 bridgehead atoms. The third-order valence-corrected chi connectivity index (χ3v) is 4.63. The monoisotopic (exact) mass is 322 g/mol. The molecule has 1 saturated carbocycles. The van der Waals surface area contributed by atoms with E-state index in [1.165, 1.54) is 32.1 Å². The molecular formula is C17H26N2O2S. The number of hydrogen-bond donors (Lipinski definition) is 3. The standard InChI is InChI=1S/C17H26N2O2S/c1-2-19(17(22)18-14-8-4-3-5-9-14)12-16(21)13-7-6-10-15(20)11-13/h6-7,10-11,14,16,20-21H,2-5,8-9,12H2,1H3,(H,18,22)/t16-/m0/s1. The van der Waals surface area contributed by atoms with Gasteiger partial charge in [0.05, 0.1) is 12.6 Å². The number of aromatic hydroxyl groups is 1. The molecule has 122 valence electrons. The Hall–Kier alpha value is -1.33. The largest absolute Gasteiger partial charge is 0.508 e. The summed E-state index contributed by atoms with van der Waals surface area (Å²) in [5, 5.41) is 24.0. The van der Waals surface area contributed by atoms with Crippen LogP contribution in [0.3, 0.4) is 0 Å². The third-order valence-electron chi connectivity index (χ3n) is 4.25. The first-order valence-corrected chi connectivity index (χ1v) is 8.53. The maximum atomic E-state index is 10.4. The quantitative estimate of drug-likeness (QED) is 0.728. The summed E-state index contributed by atoms with van der Waals surface area (Å²) in [6.07, 6.45) is 5.52. The van der Waals surface area contributed by atoms with Gasteiger partial charge in [0.25, 0.3) is 0 Å². The zero-order chi connectivity index (χ0) is 15.9. The van der Waals surface area contributed by atoms with Crippen LogP contribution in [-0.2, 0) is 0 Å². The number of phenolic OH excluding ortho intramolecular Hbond substituents is 1. The molecule has 22 heavy (non-hydrogen) atoms. The molecule has 0 radical (unpaired) electrons. The van der Waals surface area contributed by atoms with Crippen molar-refractivity contribution < 1.29 is 10.2 Å². The normalized spacial score (nSPS) is 17.0. The highest BCUT2D eigenvalue weighted by atomic mass is 32.1. The molecule has 0 saturated heterocycles. The average Bonchev–Trinajstić information content (AvgIpc) is 2.53. The lowest BCUT2D eigenvalue weighted by Crippen LogP contribution is -2.46. The molecule has 1 atom stereocenters.